The van der Waals surface area contributed by atoms with Gasteiger partial charge in [0.1, 0.15) is 6.61 Å². The minimum atomic E-state index is -8.17. The molecule has 0 saturated heterocycles. The van der Waals surface area contributed by atoms with E-state index in [1.165, 1.54) is 9.47 Å². The summed E-state index contributed by atoms with van der Waals surface area (Å²) < 4.78 is 252. The predicted molar refractivity (Wildman–Crippen MR) is 68.8 cm³/mol. The van der Waals surface area contributed by atoms with Gasteiger partial charge in [-0.2, -0.15) is 83.4 Å². The lowest BCUT2D eigenvalue weighted by atomic mass is 10.1. The van der Waals surface area contributed by atoms with Gasteiger partial charge in [-0.1, -0.05) is 0 Å². The van der Waals surface area contributed by atoms with Gasteiger partial charge in [0, 0.05) is 6.54 Å². The van der Waals surface area contributed by atoms with E-state index in [2.05, 4.69) is 9.47 Å². The number of ether oxygens (including phenoxy) is 4. The molecule has 0 aromatic rings. The van der Waals surface area contributed by atoms with Gasteiger partial charge in [-0.15, -0.1) is 0 Å². The van der Waals surface area contributed by atoms with Crippen LogP contribution >= 0.6 is 0 Å². The zero-order valence-electron chi connectivity index (χ0n) is 16.0. The maximum absolute atomic E-state index is 13.2. The molecule has 0 bridgehead atoms. The van der Waals surface area contributed by atoms with Gasteiger partial charge in [0.15, 0.2) is 0 Å². The first-order chi connectivity index (χ1) is 15.4. The van der Waals surface area contributed by atoms with Crippen LogP contribution in [0.1, 0.15) is 0 Å². The zero-order chi connectivity index (χ0) is 29.4. The Bertz CT molecular complexity index is 736. The summed E-state index contributed by atoms with van der Waals surface area (Å²) in [5.74, 6) is -16.2. The fraction of sp³-hybridized carbons (Fsp3) is 1.00. The summed E-state index contributed by atoms with van der Waals surface area (Å²) in [4.78, 5) is 0. The molecule has 0 aliphatic rings. The summed E-state index contributed by atoms with van der Waals surface area (Å²) in [7, 11) is 0. The van der Waals surface area contributed by atoms with Crippen molar-refractivity contribution in [2.45, 2.75) is 54.7 Å². The van der Waals surface area contributed by atoms with E-state index >= 15 is 0 Å². The molecular weight excluding hydrogens is 583 g/mol. The second-order valence-electron chi connectivity index (χ2n) is 6.02. The van der Waals surface area contributed by atoms with Crippen molar-refractivity contribution < 1.29 is 102 Å². The highest BCUT2D eigenvalue weighted by Crippen LogP contribution is 2.56. The first-order valence-electron chi connectivity index (χ1n) is 7.90. The Balaban J connectivity index is 5.96. The summed E-state index contributed by atoms with van der Waals surface area (Å²) in [5.41, 5.74) is 4.72. The first-order valence-corrected chi connectivity index (χ1v) is 7.90. The molecule has 0 heterocycles. The molecule has 0 unspecified atom stereocenters. The van der Waals surface area contributed by atoms with Gasteiger partial charge in [-0.05, 0) is 0 Å². The average molecular weight is 591 g/mol. The second kappa shape index (κ2) is 9.98. The molecule has 0 amide bonds. The topological polar surface area (TPSA) is 62.9 Å². The van der Waals surface area contributed by atoms with Gasteiger partial charge in [-0.3, -0.25) is 0 Å². The molecule has 0 fully saturated rings. The quantitative estimate of drug-likeness (QED) is 0.217. The van der Waals surface area contributed by atoms with E-state index in [1.54, 1.807) is 0 Å². The largest absolute Gasteiger partial charge is 0.460 e. The van der Waals surface area contributed by atoms with Crippen molar-refractivity contribution in [1.29, 1.82) is 0 Å². The Kier molecular flexibility index (Phi) is 9.55. The summed E-state index contributed by atoms with van der Waals surface area (Å²) in [6.45, 7) is -3.81. The van der Waals surface area contributed by atoms with E-state index in [9.17, 15) is 83.4 Å². The number of hydrogen-bond acceptors (Lipinski definition) is 5. The highest BCUT2D eigenvalue weighted by Gasteiger charge is 2.85. The van der Waals surface area contributed by atoms with E-state index in [-0.39, 0.29) is 0 Å². The Morgan fingerprint density at radius 2 is 0.778 bits per heavy atom. The summed E-state index contributed by atoms with van der Waals surface area (Å²) >= 11 is 0. The maximum Gasteiger partial charge on any atom is 0.460 e. The first kappa shape index (κ1) is 34.5. The normalized spacial score (nSPS) is 16.0. The minimum Gasteiger partial charge on any atom is -0.371 e. The van der Waals surface area contributed by atoms with Crippen molar-refractivity contribution in [3.8, 4) is 0 Å². The predicted octanol–water partition coefficient (Wildman–Crippen LogP) is 5.40. The van der Waals surface area contributed by atoms with Gasteiger partial charge >= 0.3 is 54.7 Å². The number of nitrogens with two attached hydrogens (primary N) is 1. The molecule has 218 valence electrons. The van der Waals surface area contributed by atoms with Gasteiger partial charge in [-0.25, -0.2) is 14.2 Å². The third-order valence-electron chi connectivity index (χ3n) is 3.12. The van der Waals surface area contributed by atoms with E-state index in [0.29, 0.717) is 0 Å². The monoisotopic (exact) mass is 591 g/mol. The van der Waals surface area contributed by atoms with Crippen LogP contribution in [0.2, 0.25) is 0 Å². The molecule has 36 heavy (non-hydrogen) atoms. The van der Waals surface area contributed by atoms with Crippen LogP contribution in [0.25, 0.3) is 0 Å². The molecule has 0 spiro atoms. The van der Waals surface area contributed by atoms with Crippen molar-refractivity contribution in [2.75, 3.05) is 19.8 Å². The molecule has 0 atom stereocenters. The van der Waals surface area contributed by atoms with Crippen LogP contribution in [0.4, 0.5) is 83.4 Å². The molecule has 5 nitrogen and oxygen atoms in total. The van der Waals surface area contributed by atoms with Crippen LogP contribution in [0.15, 0.2) is 0 Å². The molecule has 0 aliphatic heterocycles. The highest BCUT2D eigenvalue weighted by atomic mass is 19.4. The molecule has 24 heteroatoms. The lowest BCUT2D eigenvalue weighted by Gasteiger charge is -2.37. The molecule has 2 N–H and O–H groups in total. The Morgan fingerprint density at radius 1 is 0.444 bits per heavy atom. The van der Waals surface area contributed by atoms with Gasteiger partial charge in [0.05, 0.1) is 6.61 Å². The summed E-state index contributed by atoms with van der Waals surface area (Å²) in [6, 6.07) is 0. The van der Waals surface area contributed by atoms with E-state index < -0.39 is 74.4 Å². The molecular formula is C12H8F19NO4. The van der Waals surface area contributed by atoms with Gasteiger partial charge in [0.2, 0.25) is 0 Å². The minimum absolute atomic E-state index is 0.578. The lowest BCUT2D eigenvalue weighted by molar-refractivity contribution is -0.569. The standard InChI is InChI=1S/C12H8F19NO4/c13-4(14,3-33-2-1-32)34-9(24,25)10(26,27)36-12(30,31)11(28,29)35-8(22,23)6(17,18)5(15,16)7(19,20)21/h1-3,32H2. The van der Waals surface area contributed by atoms with Gasteiger partial charge in [0.25, 0.3) is 0 Å². The van der Waals surface area contributed by atoms with Crippen LogP contribution in [-0.4, -0.2) is 74.4 Å². The third-order valence-corrected chi connectivity index (χ3v) is 3.12. The lowest BCUT2D eigenvalue weighted by Crippen LogP contribution is -2.65. The molecule has 0 saturated carbocycles. The van der Waals surface area contributed by atoms with Crippen LogP contribution in [0, 0.1) is 0 Å². The van der Waals surface area contributed by atoms with Crippen molar-refractivity contribution in [3.05, 3.63) is 0 Å². The summed E-state index contributed by atoms with van der Waals surface area (Å²) in [6.07, 6.45) is -51.4. The molecule has 0 radical (unpaired) electrons. The van der Waals surface area contributed by atoms with Crippen LogP contribution in [0.3, 0.4) is 0 Å². The van der Waals surface area contributed by atoms with Crippen LogP contribution in [0.5, 0.6) is 0 Å². The number of hydrogen-bond donors (Lipinski definition) is 1. The smallest absolute Gasteiger partial charge is 0.371 e. The van der Waals surface area contributed by atoms with E-state index in [4.69, 9.17) is 5.73 Å². The second-order valence-corrected chi connectivity index (χ2v) is 6.02. The molecule has 0 rings (SSSR count). The average Bonchev–Trinajstić information content (AvgIpc) is 2.57. The Morgan fingerprint density at radius 3 is 1.11 bits per heavy atom. The number of halogens is 19. The SMILES string of the molecule is NCCOCC(F)(F)OC(F)(F)C(F)(F)OC(F)(F)C(F)(F)OC(F)(F)C(F)(F)C(F)(F)C(F)(F)F. The fourth-order valence-corrected chi connectivity index (χ4v) is 1.48. The van der Waals surface area contributed by atoms with E-state index in [0.717, 1.165) is 0 Å². The van der Waals surface area contributed by atoms with Crippen molar-refractivity contribution in [1.82, 2.24) is 0 Å². The van der Waals surface area contributed by atoms with Crippen LogP contribution < -0.4 is 5.73 Å². The highest BCUT2D eigenvalue weighted by molar-refractivity contribution is 4.97. The number of alkyl halides is 19. The third kappa shape index (κ3) is 7.06. The van der Waals surface area contributed by atoms with E-state index in [1.807, 2.05) is 0 Å². The van der Waals surface area contributed by atoms with Crippen molar-refractivity contribution >= 4 is 0 Å². The van der Waals surface area contributed by atoms with Crippen molar-refractivity contribution in [3.63, 3.8) is 0 Å². The molecule has 0 aliphatic carbocycles. The molecule has 0 aromatic heterocycles. The molecule has 0 aromatic carbocycles. The van der Waals surface area contributed by atoms with Crippen molar-refractivity contribution in [2.24, 2.45) is 5.73 Å². The zero-order valence-corrected chi connectivity index (χ0v) is 16.0. The van der Waals surface area contributed by atoms with Gasteiger partial charge < -0.3 is 10.5 Å². The fourth-order valence-electron chi connectivity index (χ4n) is 1.48. The maximum atomic E-state index is 13.2. The Hall–Kier alpha value is -1.53. The Labute approximate surface area is 184 Å². The van der Waals surface area contributed by atoms with Crippen LogP contribution in [-0.2, 0) is 18.9 Å². The number of rotatable bonds is 14. The summed E-state index contributed by atoms with van der Waals surface area (Å²) in [5, 5.41) is 0.